The summed E-state index contributed by atoms with van der Waals surface area (Å²) >= 11 is 0. The molecular formula is C17H20N2O. The second-order valence-corrected chi connectivity index (χ2v) is 6.22. The number of anilines is 1. The molecule has 0 saturated carbocycles. The van der Waals surface area contributed by atoms with Gasteiger partial charge in [0, 0.05) is 28.9 Å². The van der Waals surface area contributed by atoms with E-state index >= 15 is 0 Å². The third kappa shape index (κ3) is 1.80. The van der Waals surface area contributed by atoms with Crippen molar-refractivity contribution in [1.29, 1.82) is 0 Å². The van der Waals surface area contributed by atoms with Gasteiger partial charge in [0.15, 0.2) is 0 Å². The van der Waals surface area contributed by atoms with Crippen LogP contribution >= 0.6 is 0 Å². The Morgan fingerprint density at radius 2 is 1.85 bits per heavy atom. The Morgan fingerprint density at radius 1 is 1.15 bits per heavy atom. The van der Waals surface area contributed by atoms with Crippen LogP contribution in [0.3, 0.4) is 0 Å². The van der Waals surface area contributed by atoms with Crippen molar-refractivity contribution < 1.29 is 5.11 Å². The van der Waals surface area contributed by atoms with Crippen molar-refractivity contribution in [2.24, 2.45) is 0 Å². The van der Waals surface area contributed by atoms with Crippen molar-refractivity contribution in [2.45, 2.75) is 50.8 Å². The van der Waals surface area contributed by atoms with Crippen molar-refractivity contribution in [3.63, 3.8) is 0 Å². The van der Waals surface area contributed by atoms with Gasteiger partial charge >= 0.3 is 0 Å². The second-order valence-electron chi connectivity index (χ2n) is 6.22. The number of para-hydroxylation sites is 1. The van der Waals surface area contributed by atoms with E-state index in [1.54, 1.807) is 0 Å². The first-order valence-electron chi connectivity index (χ1n) is 7.55. The predicted octanol–water partition coefficient (Wildman–Crippen LogP) is 3.04. The smallest absolute Gasteiger partial charge is 0.0726 e. The lowest BCUT2D eigenvalue weighted by atomic mass is 9.98. The van der Waals surface area contributed by atoms with Gasteiger partial charge in [0.25, 0.3) is 0 Å². The normalized spacial score (nSPS) is 29.1. The molecule has 0 radical (unpaired) electrons. The third-order valence-corrected chi connectivity index (χ3v) is 4.81. The van der Waals surface area contributed by atoms with E-state index in [9.17, 15) is 5.11 Å². The fourth-order valence-electron chi connectivity index (χ4n) is 4.04. The molecule has 3 heteroatoms. The van der Waals surface area contributed by atoms with Gasteiger partial charge in [-0.3, -0.25) is 4.98 Å². The van der Waals surface area contributed by atoms with Gasteiger partial charge in [-0.1, -0.05) is 18.2 Å². The van der Waals surface area contributed by atoms with E-state index in [1.807, 2.05) is 6.07 Å². The van der Waals surface area contributed by atoms with Gasteiger partial charge in [0.1, 0.15) is 0 Å². The zero-order valence-electron chi connectivity index (χ0n) is 11.8. The molecule has 2 saturated heterocycles. The first-order valence-corrected chi connectivity index (χ1v) is 7.55. The predicted molar refractivity (Wildman–Crippen MR) is 81.0 cm³/mol. The lowest BCUT2D eigenvalue weighted by molar-refractivity contribution is 0.126. The third-order valence-electron chi connectivity index (χ3n) is 4.81. The molecule has 1 N–H and O–H groups in total. The van der Waals surface area contributed by atoms with Crippen molar-refractivity contribution in [1.82, 2.24) is 4.98 Å². The van der Waals surface area contributed by atoms with Crippen LogP contribution in [-0.2, 0) is 0 Å². The van der Waals surface area contributed by atoms with Crippen LogP contribution in [0, 0.1) is 6.92 Å². The van der Waals surface area contributed by atoms with Crippen LogP contribution in [0.5, 0.6) is 0 Å². The Kier molecular flexibility index (Phi) is 2.71. The Labute approximate surface area is 119 Å². The highest BCUT2D eigenvalue weighted by Gasteiger charge is 2.40. The maximum absolute atomic E-state index is 9.98. The molecule has 2 aromatic rings. The molecule has 0 amide bonds. The highest BCUT2D eigenvalue weighted by molar-refractivity contribution is 5.92. The second kappa shape index (κ2) is 4.45. The number of aromatic nitrogens is 1. The Hall–Kier alpha value is -1.61. The Balaban J connectivity index is 1.86. The van der Waals surface area contributed by atoms with E-state index < -0.39 is 0 Å². The number of nitrogens with zero attached hydrogens (tertiary/aromatic N) is 2. The molecule has 3 nitrogen and oxygen atoms in total. The van der Waals surface area contributed by atoms with Gasteiger partial charge in [-0.05, 0) is 44.7 Å². The highest BCUT2D eigenvalue weighted by atomic mass is 16.3. The maximum Gasteiger partial charge on any atom is 0.0726 e. The molecule has 4 rings (SSSR count). The number of aliphatic hydroxyl groups excluding tert-OH is 1. The number of pyridine rings is 1. The molecule has 20 heavy (non-hydrogen) atoms. The van der Waals surface area contributed by atoms with E-state index in [0.29, 0.717) is 12.1 Å². The lowest BCUT2D eigenvalue weighted by Gasteiger charge is -2.39. The molecule has 2 aliphatic heterocycles. The largest absolute Gasteiger partial charge is 0.393 e. The van der Waals surface area contributed by atoms with E-state index in [4.69, 9.17) is 0 Å². The quantitative estimate of drug-likeness (QED) is 0.863. The number of fused-ring (bicyclic) bond motifs is 3. The molecule has 2 bridgehead atoms. The number of hydrogen-bond acceptors (Lipinski definition) is 3. The van der Waals surface area contributed by atoms with E-state index in [-0.39, 0.29) is 6.10 Å². The van der Waals surface area contributed by atoms with Crippen LogP contribution in [0.2, 0.25) is 0 Å². The Morgan fingerprint density at radius 3 is 2.60 bits per heavy atom. The van der Waals surface area contributed by atoms with Crippen LogP contribution in [-0.4, -0.2) is 28.3 Å². The van der Waals surface area contributed by atoms with Crippen LogP contribution < -0.4 is 4.90 Å². The molecule has 2 unspecified atom stereocenters. The fraction of sp³-hybridized carbons (Fsp3) is 0.471. The van der Waals surface area contributed by atoms with Gasteiger partial charge < -0.3 is 10.0 Å². The minimum atomic E-state index is -0.113. The Bertz CT molecular complexity index is 640. The summed E-state index contributed by atoms with van der Waals surface area (Å²) < 4.78 is 0. The van der Waals surface area contributed by atoms with Crippen LogP contribution in [0.1, 0.15) is 31.4 Å². The zero-order chi connectivity index (χ0) is 13.7. The maximum atomic E-state index is 9.98. The summed E-state index contributed by atoms with van der Waals surface area (Å²) in [5, 5.41) is 11.2. The van der Waals surface area contributed by atoms with Crippen molar-refractivity contribution >= 4 is 16.6 Å². The van der Waals surface area contributed by atoms with Gasteiger partial charge in [-0.15, -0.1) is 0 Å². The van der Waals surface area contributed by atoms with Gasteiger partial charge in [-0.2, -0.15) is 0 Å². The van der Waals surface area contributed by atoms with Crippen LogP contribution in [0.25, 0.3) is 10.9 Å². The molecule has 1 aromatic heterocycles. The lowest BCUT2D eigenvalue weighted by Crippen LogP contribution is -2.44. The van der Waals surface area contributed by atoms with Crippen molar-refractivity contribution in [3.8, 4) is 0 Å². The highest BCUT2D eigenvalue weighted by Crippen LogP contribution is 2.41. The summed E-state index contributed by atoms with van der Waals surface area (Å²) in [6.07, 6.45) is 4.12. The molecule has 2 aliphatic rings. The van der Waals surface area contributed by atoms with Gasteiger partial charge in [-0.25, -0.2) is 0 Å². The average Bonchev–Trinajstić information content (AvgIpc) is 2.69. The SMILES string of the molecule is Cc1cc(N2C3CCC2CC(O)C3)c2ccccc2n1. The first-order chi connectivity index (χ1) is 9.72. The monoisotopic (exact) mass is 268 g/mol. The van der Waals surface area contributed by atoms with E-state index in [0.717, 1.165) is 24.1 Å². The molecule has 2 atom stereocenters. The minimum Gasteiger partial charge on any atom is -0.393 e. The summed E-state index contributed by atoms with van der Waals surface area (Å²) in [4.78, 5) is 7.20. The van der Waals surface area contributed by atoms with Gasteiger partial charge in [0.05, 0.1) is 11.6 Å². The number of aliphatic hydroxyl groups is 1. The molecule has 2 fully saturated rings. The fourth-order valence-corrected chi connectivity index (χ4v) is 4.04. The topological polar surface area (TPSA) is 36.4 Å². The van der Waals surface area contributed by atoms with Crippen LogP contribution in [0.15, 0.2) is 30.3 Å². The van der Waals surface area contributed by atoms with Gasteiger partial charge in [0.2, 0.25) is 0 Å². The van der Waals surface area contributed by atoms with E-state index in [1.165, 1.54) is 23.9 Å². The van der Waals surface area contributed by atoms with Crippen molar-refractivity contribution in [3.05, 3.63) is 36.0 Å². The summed E-state index contributed by atoms with van der Waals surface area (Å²) in [5.41, 5.74) is 3.46. The number of benzene rings is 1. The van der Waals surface area contributed by atoms with E-state index in [2.05, 4.69) is 41.1 Å². The van der Waals surface area contributed by atoms with Crippen LogP contribution in [0.4, 0.5) is 5.69 Å². The zero-order valence-corrected chi connectivity index (χ0v) is 11.8. The summed E-state index contributed by atoms with van der Waals surface area (Å²) in [7, 11) is 0. The molecule has 0 aliphatic carbocycles. The number of piperidine rings is 1. The summed E-state index contributed by atoms with van der Waals surface area (Å²) in [6.45, 7) is 2.07. The molecule has 3 heterocycles. The number of aryl methyl sites for hydroxylation is 1. The standard InChI is InChI=1S/C17H20N2O/c1-11-8-17(15-4-2-3-5-16(15)18-11)19-12-6-7-13(19)10-14(20)9-12/h2-5,8,12-14,20H,6-7,9-10H2,1H3. The minimum absolute atomic E-state index is 0.113. The number of hydrogen-bond donors (Lipinski definition) is 1. The average molecular weight is 268 g/mol. The summed E-state index contributed by atoms with van der Waals surface area (Å²) in [6, 6.07) is 11.6. The summed E-state index contributed by atoms with van der Waals surface area (Å²) in [5.74, 6) is 0. The molecule has 104 valence electrons. The number of rotatable bonds is 1. The first kappa shape index (κ1) is 12.2. The molecular weight excluding hydrogens is 248 g/mol. The molecule has 0 spiro atoms. The van der Waals surface area contributed by atoms with Crippen molar-refractivity contribution in [2.75, 3.05) is 4.90 Å². The molecule has 1 aromatic carbocycles.